The minimum absolute atomic E-state index is 0.00328. The monoisotopic (exact) mass is 521 g/mol. The number of H-pyrrole nitrogens is 1. The summed E-state index contributed by atoms with van der Waals surface area (Å²) in [6.45, 7) is 2.81. The molecule has 0 bridgehead atoms. The summed E-state index contributed by atoms with van der Waals surface area (Å²) >= 11 is 6.08. The van der Waals surface area contributed by atoms with Crippen molar-refractivity contribution in [3.05, 3.63) is 107 Å². The van der Waals surface area contributed by atoms with Crippen LogP contribution < -0.4 is 0 Å². The van der Waals surface area contributed by atoms with Gasteiger partial charge in [-0.05, 0) is 48.2 Å². The summed E-state index contributed by atoms with van der Waals surface area (Å²) < 4.78 is 19.6. The molecule has 3 aromatic carbocycles. The fourth-order valence-corrected chi connectivity index (χ4v) is 4.63. The van der Waals surface area contributed by atoms with Crippen molar-refractivity contribution in [1.29, 1.82) is 0 Å². The number of aromatic amines is 1. The second-order valence-electron chi connectivity index (χ2n) is 9.20. The van der Waals surface area contributed by atoms with E-state index in [-0.39, 0.29) is 18.3 Å². The Labute approximate surface area is 222 Å². The number of hydrogen-bond acceptors (Lipinski definition) is 3. The molecule has 194 valence electrons. The van der Waals surface area contributed by atoms with Gasteiger partial charge in [0.1, 0.15) is 5.82 Å². The zero-order chi connectivity index (χ0) is 26.0. The topological polar surface area (TPSA) is 48.6 Å². The molecule has 0 atom stereocenters. The predicted molar refractivity (Wildman–Crippen MR) is 147 cm³/mol. The van der Waals surface area contributed by atoms with E-state index in [1.165, 1.54) is 17.0 Å². The lowest BCUT2D eigenvalue weighted by Crippen LogP contribution is -2.41. The quantitative estimate of drug-likeness (QED) is 0.217. The Kier molecular flexibility index (Phi) is 9.71. The molecular formula is C30H33ClFN3O2. The number of rotatable bonds is 13. The average Bonchev–Trinajstić information content (AvgIpc) is 3.32. The minimum atomic E-state index is -0.260. The lowest BCUT2D eigenvalue weighted by atomic mass is 10.1. The first-order valence-corrected chi connectivity index (χ1v) is 12.9. The molecule has 1 aromatic heterocycles. The Hall–Kier alpha value is -3.19. The molecule has 0 spiro atoms. The maximum absolute atomic E-state index is 14.4. The van der Waals surface area contributed by atoms with E-state index < -0.39 is 0 Å². The number of methoxy groups -OCH3 is 1. The second kappa shape index (κ2) is 13.4. The number of carbonyl (C=O) groups is 1. The lowest BCUT2D eigenvalue weighted by molar-refractivity contribution is -0.133. The zero-order valence-corrected chi connectivity index (χ0v) is 21.9. The fraction of sp³-hybridized carbons (Fsp3) is 0.300. The number of amides is 1. The van der Waals surface area contributed by atoms with Crippen LogP contribution in [0.25, 0.3) is 10.9 Å². The average molecular weight is 522 g/mol. The number of benzene rings is 3. The van der Waals surface area contributed by atoms with E-state index in [4.69, 9.17) is 16.3 Å². The first-order chi connectivity index (χ1) is 18.0. The summed E-state index contributed by atoms with van der Waals surface area (Å²) in [5, 5.41) is 1.83. The zero-order valence-electron chi connectivity index (χ0n) is 21.1. The van der Waals surface area contributed by atoms with Gasteiger partial charge in [0, 0.05) is 67.6 Å². The molecule has 5 nitrogen and oxygen atoms in total. The molecule has 0 aliphatic heterocycles. The molecule has 0 unspecified atom stereocenters. The van der Waals surface area contributed by atoms with Gasteiger partial charge in [0.2, 0.25) is 5.91 Å². The Morgan fingerprint density at radius 1 is 0.946 bits per heavy atom. The van der Waals surface area contributed by atoms with E-state index in [0.29, 0.717) is 43.4 Å². The molecule has 0 saturated heterocycles. The summed E-state index contributed by atoms with van der Waals surface area (Å²) in [6.07, 6.45) is 3.50. The summed E-state index contributed by atoms with van der Waals surface area (Å²) in [7, 11) is 1.66. The second-order valence-corrected chi connectivity index (χ2v) is 9.64. The van der Waals surface area contributed by atoms with Crippen LogP contribution >= 0.6 is 11.6 Å². The lowest BCUT2D eigenvalue weighted by Gasteiger charge is -2.28. The van der Waals surface area contributed by atoms with Gasteiger partial charge < -0.3 is 14.6 Å². The van der Waals surface area contributed by atoms with Crippen molar-refractivity contribution in [3.63, 3.8) is 0 Å². The number of nitrogens with zero attached hydrogens (tertiary/aromatic N) is 2. The number of carbonyl (C=O) groups excluding carboxylic acids is 1. The van der Waals surface area contributed by atoms with Gasteiger partial charge in [0.15, 0.2) is 0 Å². The molecule has 0 aliphatic rings. The SMILES string of the molecule is COCCCN(CC(=O)N(CCc1c[nH]c2ccccc12)Cc1ccc(Cl)cc1)Cc1ccccc1F. The largest absolute Gasteiger partial charge is 0.385 e. The first-order valence-electron chi connectivity index (χ1n) is 12.6. The van der Waals surface area contributed by atoms with E-state index in [9.17, 15) is 9.18 Å². The van der Waals surface area contributed by atoms with Crippen LogP contribution in [0, 0.1) is 5.82 Å². The number of ether oxygens (including phenoxy) is 1. The molecular weight excluding hydrogens is 489 g/mol. The standard InChI is InChI=1S/C30H33ClFN3O2/c1-37-18-6-16-34(21-25-7-2-4-9-28(25)32)22-30(36)35(20-23-11-13-26(31)14-12-23)17-15-24-19-33-29-10-5-3-8-27(24)29/h2-5,7-14,19,33H,6,15-18,20-22H2,1H3. The van der Waals surface area contributed by atoms with Crippen molar-refractivity contribution in [2.75, 3.05) is 33.4 Å². The van der Waals surface area contributed by atoms with Crippen molar-refractivity contribution in [3.8, 4) is 0 Å². The number of halogens is 2. The van der Waals surface area contributed by atoms with Crippen LogP contribution in [0.15, 0.2) is 79.0 Å². The molecule has 1 amide bonds. The summed E-state index contributed by atoms with van der Waals surface area (Å²) in [4.78, 5) is 20.9. The molecule has 4 rings (SSSR count). The van der Waals surface area contributed by atoms with E-state index in [0.717, 1.165) is 23.9 Å². The Morgan fingerprint density at radius 3 is 2.49 bits per heavy atom. The number of para-hydroxylation sites is 1. The van der Waals surface area contributed by atoms with Crippen LogP contribution in [0.5, 0.6) is 0 Å². The Bertz CT molecular complexity index is 1290. The molecule has 7 heteroatoms. The van der Waals surface area contributed by atoms with Gasteiger partial charge in [0.05, 0.1) is 6.54 Å². The smallest absolute Gasteiger partial charge is 0.237 e. The maximum atomic E-state index is 14.4. The normalized spacial score (nSPS) is 11.4. The Morgan fingerprint density at radius 2 is 1.70 bits per heavy atom. The summed E-state index contributed by atoms with van der Waals surface area (Å²) in [5.41, 5.74) is 3.85. The molecule has 0 saturated carbocycles. The first kappa shape index (κ1) is 26.9. The van der Waals surface area contributed by atoms with Crippen molar-refractivity contribution < 1.29 is 13.9 Å². The van der Waals surface area contributed by atoms with Crippen LogP contribution in [-0.4, -0.2) is 54.0 Å². The Balaban J connectivity index is 1.51. The van der Waals surface area contributed by atoms with Gasteiger partial charge in [-0.2, -0.15) is 0 Å². The van der Waals surface area contributed by atoms with Crippen molar-refractivity contribution in [2.24, 2.45) is 0 Å². The van der Waals surface area contributed by atoms with Gasteiger partial charge in [0.25, 0.3) is 0 Å². The summed E-state index contributed by atoms with van der Waals surface area (Å²) in [5.74, 6) is -0.257. The third kappa shape index (κ3) is 7.65. The van der Waals surface area contributed by atoms with Gasteiger partial charge in [-0.3, -0.25) is 9.69 Å². The number of aromatic nitrogens is 1. The number of hydrogen-bond donors (Lipinski definition) is 1. The molecule has 0 fully saturated rings. The van der Waals surface area contributed by atoms with Crippen LogP contribution in [0.4, 0.5) is 4.39 Å². The van der Waals surface area contributed by atoms with Crippen molar-refractivity contribution in [1.82, 2.24) is 14.8 Å². The van der Waals surface area contributed by atoms with Gasteiger partial charge in [-0.15, -0.1) is 0 Å². The van der Waals surface area contributed by atoms with Crippen LogP contribution in [0.3, 0.4) is 0 Å². The van der Waals surface area contributed by atoms with E-state index >= 15 is 0 Å². The van der Waals surface area contributed by atoms with Crippen LogP contribution in [0.1, 0.15) is 23.1 Å². The molecule has 4 aromatic rings. The van der Waals surface area contributed by atoms with Crippen LogP contribution in [-0.2, 0) is 29.0 Å². The third-order valence-corrected chi connectivity index (χ3v) is 6.75. The maximum Gasteiger partial charge on any atom is 0.237 e. The molecule has 0 radical (unpaired) electrons. The highest BCUT2D eigenvalue weighted by molar-refractivity contribution is 6.30. The van der Waals surface area contributed by atoms with Gasteiger partial charge in [-0.1, -0.05) is 60.1 Å². The fourth-order valence-electron chi connectivity index (χ4n) is 4.50. The number of fused-ring (bicyclic) bond motifs is 1. The highest BCUT2D eigenvalue weighted by atomic mass is 35.5. The van der Waals surface area contributed by atoms with Crippen molar-refractivity contribution in [2.45, 2.75) is 25.9 Å². The molecule has 1 N–H and O–H groups in total. The summed E-state index contributed by atoms with van der Waals surface area (Å²) in [6, 6.07) is 22.5. The highest BCUT2D eigenvalue weighted by Crippen LogP contribution is 2.20. The van der Waals surface area contributed by atoms with Gasteiger partial charge in [-0.25, -0.2) is 4.39 Å². The highest BCUT2D eigenvalue weighted by Gasteiger charge is 2.20. The van der Waals surface area contributed by atoms with E-state index in [1.807, 2.05) is 58.5 Å². The minimum Gasteiger partial charge on any atom is -0.385 e. The molecule has 0 aliphatic carbocycles. The third-order valence-electron chi connectivity index (χ3n) is 6.50. The molecule has 1 heterocycles. The van der Waals surface area contributed by atoms with Gasteiger partial charge >= 0.3 is 0 Å². The van der Waals surface area contributed by atoms with E-state index in [1.54, 1.807) is 19.2 Å². The predicted octanol–water partition coefficient (Wildman–Crippen LogP) is 6.07. The van der Waals surface area contributed by atoms with Crippen molar-refractivity contribution >= 4 is 28.4 Å². The number of nitrogens with one attached hydrogen (secondary N) is 1. The van der Waals surface area contributed by atoms with E-state index in [2.05, 4.69) is 17.1 Å². The molecule has 37 heavy (non-hydrogen) atoms. The van der Waals surface area contributed by atoms with Crippen LogP contribution in [0.2, 0.25) is 5.02 Å².